The van der Waals surface area contributed by atoms with Gasteiger partial charge in [0.25, 0.3) is 22.7 Å². The molecule has 0 atom stereocenters. The predicted molar refractivity (Wildman–Crippen MR) is 397 cm³/mol. The monoisotopic (exact) mass is 1710 g/mol. The number of hydrogen-bond donors (Lipinski definition) is 3. The van der Waals surface area contributed by atoms with Gasteiger partial charge in [-0.05, 0) is 96.4 Å². The van der Waals surface area contributed by atoms with Crippen molar-refractivity contribution < 1.29 is 101 Å². The number of ether oxygens (including phenoxy) is 9. The first kappa shape index (κ1) is 89.0. The maximum atomic E-state index is 12.8. The van der Waals surface area contributed by atoms with E-state index in [1.807, 2.05) is 27.7 Å². The lowest BCUT2D eigenvalue weighted by atomic mass is 9.78. The second-order valence-electron chi connectivity index (χ2n) is 24.0. The molecule has 0 unspecified atom stereocenters. The van der Waals surface area contributed by atoms with E-state index in [0.29, 0.717) is 90.6 Å². The Labute approximate surface area is 644 Å². The molecule has 4 fully saturated rings. The van der Waals surface area contributed by atoms with E-state index in [1.54, 1.807) is 68.5 Å². The molecule has 4 saturated heterocycles. The molecule has 0 radical (unpaired) electrons. The van der Waals surface area contributed by atoms with Crippen molar-refractivity contribution in [2.75, 3.05) is 113 Å². The van der Waals surface area contributed by atoms with Crippen LogP contribution in [0.15, 0.2) is 110 Å². The molecule has 0 bridgehead atoms. The first-order valence-electron chi connectivity index (χ1n) is 32.5. The van der Waals surface area contributed by atoms with E-state index in [1.165, 1.54) is 66.0 Å². The number of carbonyl (C=O) groups excluding carboxylic acids is 4. The number of ketones is 1. The van der Waals surface area contributed by atoms with Crippen LogP contribution in [0.2, 0.25) is 0 Å². The zero-order valence-corrected chi connectivity index (χ0v) is 65.0. The van der Waals surface area contributed by atoms with E-state index in [9.17, 15) is 64.4 Å². The zero-order chi connectivity index (χ0) is 78.2. The maximum absolute atomic E-state index is 12.8. The number of nitrogens with zero attached hydrogens (tertiary/aromatic N) is 9. The average Bonchev–Trinajstić information content (AvgIpc) is 1.63. The number of nitrogens with two attached hydrogens (primary N) is 1. The van der Waals surface area contributed by atoms with Crippen LogP contribution in [0.1, 0.15) is 102 Å². The first-order valence-corrected chi connectivity index (χ1v) is 34.9. The minimum Gasteiger partial charge on any atom is -0.477 e. The summed E-state index contributed by atoms with van der Waals surface area (Å²) in [5, 5.41) is 62.6. The van der Waals surface area contributed by atoms with Gasteiger partial charge in [0, 0.05) is 58.0 Å². The molecule has 580 valence electrons. The predicted octanol–water partition coefficient (Wildman–Crippen LogP) is 9.40. The molecule has 36 nitrogen and oxygen atoms in total. The van der Waals surface area contributed by atoms with Gasteiger partial charge in [-0.1, -0.05) is 53.9 Å². The molecule has 0 spiro atoms. The zero-order valence-electron chi connectivity index (χ0n) is 59.5. The second kappa shape index (κ2) is 42.2. The molecule has 0 amide bonds. The number of carbonyl (C=O) groups is 5. The van der Waals surface area contributed by atoms with Crippen molar-refractivity contribution >= 4 is 125 Å². The Morgan fingerprint density at radius 1 is 0.579 bits per heavy atom. The van der Waals surface area contributed by atoms with E-state index in [4.69, 9.17) is 62.9 Å². The van der Waals surface area contributed by atoms with Crippen LogP contribution < -0.4 is 16.7 Å². The second-order valence-corrected chi connectivity index (χ2v) is 26.8. The number of nitro benzene ring substituents is 4. The van der Waals surface area contributed by atoms with Gasteiger partial charge in [0.1, 0.15) is 27.8 Å². The van der Waals surface area contributed by atoms with Crippen molar-refractivity contribution in [2.24, 2.45) is 5.84 Å². The van der Waals surface area contributed by atoms with E-state index in [2.05, 4.69) is 63.4 Å². The summed E-state index contributed by atoms with van der Waals surface area (Å²) in [4.78, 5) is 105. The number of aromatic nitrogens is 4. The summed E-state index contributed by atoms with van der Waals surface area (Å²) in [6.45, 7) is 18.7. The molecule has 2 aromatic heterocycles. The Balaban J connectivity index is 0.000000255. The van der Waals surface area contributed by atoms with Gasteiger partial charge in [-0.25, -0.2) is 19.2 Å². The number of carboxylic acid groups (broad SMARTS) is 1. The molecular formula is C66H80BBr3ClN11O25. The molecule has 4 N–H and O–H groups in total. The molecule has 4 aliphatic rings. The lowest BCUT2D eigenvalue weighted by Crippen LogP contribution is -2.41. The summed E-state index contributed by atoms with van der Waals surface area (Å²) in [6, 6.07) is 16.6. The number of halogens is 4. The van der Waals surface area contributed by atoms with Crippen molar-refractivity contribution in [1.29, 1.82) is 0 Å². The summed E-state index contributed by atoms with van der Waals surface area (Å²) < 4.78 is 64.4. The van der Waals surface area contributed by atoms with Gasteiger partial charge in [-0.3, -0.25) is 65.9 Å². The highest BCUT2D eigenvalue weighted by Gasteiger charge is 2.52. The van der Waals surface area contributed by atoms with Crippen molar-refractivity contribution in [2.45, 2.75) is 77.8 Å². The third-order valence-electron chi connectivity index (χ3n) is 15.8. The van der Waals surface area contributed by atoms with Crippen LogP contribution in [0, 0.1) is 40.5 Å². The Hall–Kier alpha value is -8.62. The van der Waals surface area contributed by atoms with Crippen molar-refractivity contribution in [3.63, 3.8) is 0 Å². The maximum Gasteiger partial charge on any atom is 0.495 e. The van der Waals surface area contributed by atoms with Crippen LogP contribution >= 0.6 is 60.2 Å². The average molecular weight is 1710 g/mol. The number of carboxylic acids is 1. The number of nitro groups is 4. The van der Waals surface area contributed by atoms with Gasteiger partial charge in [-0.2, -0.15) is 10.2 Å². The number of Topliss-reactive ketones (excluding diaryl/α,β-unsaturated/α-hetero) is 1. The largest absolute Gasteiger partial charge is 0.495 e. The SMILES string of the molecule is CCOC(=O)/C(=C\N(C)C)C(=O)c1ccc(Br)cc1[N+](=O)[O-].CCOC(=O)c1cnn(C2COCCOC2)c1-c1ccc(B2OC(C)(C)C(C)(C)O2)cc1[N+](=O)[O-].CCOC(=O)c1cnn(C2COCCOC2)c1-c1ccc(Br)cc1[N+](=O)[O-].Cl.NNC1COCCOC1.O=C(O)c1ccc(Br)cc1[N+](=O)[O-]. The number of hydrogen-bond acceptors (Lipinski definition) is 29. The third-order valence-corrected chi connectivity index (χ3v) is 17.3. The Morgan fingerprint density at radius 2 is 0.944 bits per heavy atom. The van der Waals surface area contributed by atoms with E-state index >= 15 is 0 Å². The molecule has 10 rings (SSSR count). The molecule has 6 aromatic rings. The number of hydrazine groups is 1. The summed E-state index contributed by atoms with van der Waals surface area (Å²) in [5.74, 6) is 1.07. The minimum atomic E-state index is -1.31. The molecular weight excluding hydrogens is 1630 g/mol. The van der Waals surface area contributed by atoms with Gasteiger partial charge in [0.15, 0.2) is 0 Å². The van der Waals surface area contributed by atoms with E-state index in [-0.39, 0.29) is 125 Å². The number of esters is 3. The molecule has 0 aliphatic carbocycles. The van der Waals surface area contributed by atoms with Gasteiger partial charge < -0.3 is 61.9 Å². The van der Waals surface area contributed by atoms with Gasteiger partial charge in [-0.15, -0.1) is 12.4 Å². The summed E-state index contributed by atoms with van der Waals surface area (Å²) in [6.07, 6.45) is 4.01. The highest BCUT2D eigenvalue weighted by atomic mass is 79.9. The van der Waals surface area contributed by atoms with Gasteiger partial charge in [0.2, 0.25) is 5.78 Å². The van der Waals surface area contributed by atoms with Crippen molar-refractivity contribution in [3.05, 3.63) is 173 Å². The number of rotatable bonds is 20. The number of nitrogens with one attached hydrogen (secondary N) is 1. The summed E-state index contributed by atoms with van der Waals surface area (Å²) in [7, 11) is 2.48. The lowest BCUT2D eigenvalue weighted by Gasteiger charge is -2.32. The fourth-order valence-corrected chi connectivity index (χ4v) is 11.2. The van der Waals surface area contributed by atoms with Gasteiger partial charge >= 0.3 is 31.0 Å². The van der Waals surface area contributed by atoms with Crippen LogP contribution in [0.25, 0.3) is 22.5 Å². The molecule has 4 aromatic carbocycles. The van der Waals surface area contributed by atoms with Crippen molar-refractivity contribution in [3.8, 4) is 22.5 Å². The Bertz CT molecular complexity index is 4130. The Morgan fingerprint density at radius 3 is 1.33 bits per heavy atom. The normalized spacial score (nSPS) is 15.8. The fourth-order valence-electron chi connectivity index (χ4n) is 10.1. The molecule has 0 saturated carbocycles. The van der Waals surface area contributed by atoms with Crippen LogP contribution in [0.4, 0.5) is 22.7 Å². The smallest absolute Gasteiger partial charge is 0.477 e. The van der Waals surface area contributed by atoms with Crippen molar-refractivity contribution in [1.82, 2.24) is 29.9 Å². The highest BCUT2D eigenvalue weighted by Crippen LogP contribution is 2.40. The highest BCUT2D eigenvalue weighted by molar-refractivity contribution is 9.11. The van der Waals surface area contributed by atoms with Crippen LogP contribution in [0.3, 0.4) is 0 Å². The molecule has 107 heavy (non-hydrogen) atoms. The lowest BCUT2D eigenvalue weighted by molar-refractivity contribution is -0.385. The third kappa shape index (κ3) is 24.4. The standard InChI is InChI=1S/C23H30BN3O8.C17H18BrN3O6.C14H15BrN2O5.C7H4BrNO4.C5H12N2O2.ClH/c1-6-33-21(28)18-12-25-26(16-13-31-9-10-32-14-16)20(18)17-8-7-15(11-19(17)27(29)30)24-34-22(2,3)23(4,5)35-24;1-2-27-17(22)14-8-19-20(12-9-25-5-6-26-10-12)16(14)13-4-3-11(18)7-15(13)21(23)24;1-4-22-14(19)11(8-16(2)3)13(18)10-6-5-9(15)7-12(10)17(20)21;8-4-1-2-5(7(10)11)6(3-4)9(12)13;6-7-5-3-8-1-2-9-4-5;/h7-8,11-12,16H,6,9-10,13-14H2,1-5H3;3-4,7-8,12H,2,5-6,9-10H2,1H3;5-8H,4H2,1-3H3;1-3H,(H,10,11);5,7H,1-4,6H2;1H/b;;11-8-;;;. The number of aromatic carboxylic acids is 1. The Kier molecular flexibility index (Phi) is 35.1. The number of benzene rings is 4. The first-order chi connectivity index (χ1) is 50.3. The minimum absolute atomic E-state index is 0. The van der Waals surface area contributed by atoms with E-state index in [0.717, 1.165) is 6.07 Å². The van der Waals surface area contributed by atoms with Gasteiger partial charge in [0.05, 0.1) is 183 Å². The topological polar surface area (TPSA) is 457 Å². The fraction of sp³-hybridized carbons (Fsp3) is 0.439. The molecule has 4 aliphatic heterocycles. The molecule has 6 heterocycles. The van der Waals surface area contributed by atoms with Crippen LogP contribution in [-0.4, -0.2) is 216 Å². The van der Waals surface area contributed by atoms with E-state index < -0.39 is 73.4 Å². The van der Waals surface area contributed by atoms with Crippen LogP contribution in [-0.2, 0) is 56.7 Å². The quantitative estimate of drug-likeness (QED) is 0.00611. The van der Waals surface area contributed by atoms with Crippen LogP contribution in [0.5, 0.6) is 0 Å². The molecule has 41 heteroatoms. The summed E-state index contributed by atoms with van der Waals surface area (Å²) in [5.41, 5.74) is 1.37. The summed E-state index contributed by atoms with van der Waals surface area (Å²) >= 11 is 9.38.